The molecule has 0 saturated carbocycles. The molecule has 1 nitrogen and oxygen atoms in total. The van der Waals surface area contributed by atoms with E-state index in [2.05, 4.69) is 127 Å². The number of hydrogen-bond acceptors (Lipinski definition) is 1. The lowest BCUT2D eigenvalue weighted by atomic mass is 9.91. The van der Waals surface area contributed by atoms with Gasteiger partial charge in [-0.3, -0.25) is 0 Å². The number of anilines is 2. The van der Waals surface area contributed by atoms with Crippen LogP contribution in [-0.2, 0) is 0 Å². The Kier molecular flexibility index (Phi) is 6.79. The first kappa shape index (κ1) is 25.5. The first-order valence-corrected chi connectivity index (χ1v) is 14.1. The minimum Gasteiger partial charge on any atom is -0.355 e. The van der Waals surface area contributed by atoms with Gasteiger partial charge in [0.2, 0.25) is 0 Å². The van der Waals surface area contributed by atoms with Gasteiger partial charge in [-0.1, -0.05) is 140 Å². The number of hydrogen-bond donors (Lipinski definition) is 1. The summed E-state index contributed by atoms with van der Waals surface area (Å²) in [6.07, 6.45) is 0. The Bertz CT molecular complexity index is 2000. The molecule has 0 unspecified atom stereocenters. The number of halogens is 1. The third kappa shape index (κ3) is 4.95. The molecule has 0 radical (unpaired) electrons. The van der Waals surface area contributed by atoms with E-state index in [-0.39, 0.29) is 5.82 Å². The van der Waals surface area contributed by atoms with Crippen LogP contribution in [0.4, 0.5) is 15.8 Å². The Morgan fingerprint density at radius 1 is 0.381 bits per heavy atom. The summed E-state index contributed by atoms with van der Waals surface area (Å²) in [4.78, 5) is 0. The smallest absolute Gasteiger partial charge is 0.131 e. The average molecular weight is 542 g/mol. The van der Waals surface area contributed by atoms with Crippen LogP contribution in [-0.4, -0.2) is 0 Å². The number of nitrogens with one attached hydrogen (secondary N) is 1. The number of para-hydroxylation sites is 1. The molecule has 0 aliphatic carbocycles. The zero-order chi connectivity index (χ0) is 28.3. The van der Waals surface area contributed by atoms with Gasteiger partial charge < -0.3 is 5.32 Å². The molecule has 0 heterocycles. The largest absolute Gasteiger partial charge is 0.355 e. The van der Waals surface area contributed by atoms with Crippen molar-refractivity contribution in [3.63, 3.8) is 0 Å². The Morgan fingerprint density at radius 3 is 1.74 bits per heavy atom. The summed E-state index contributed by atoms with van der Waals surface area (Å²) >= 11 is 0. The summed E-state index contributed by atoms with van der Waals surface area (Å²) in [5, 5.41) is 5.79. The molecule has 0 atom stereocenters. The van der Waals surface area contributed by atoms with E-state index in [0.717, 1.165) is 50.0 Å². The van der Waals surface area contributed by atoms with Gasteiger partial charge in [0.1, 0.15) is 5.82 Å². The van der Waals surface area contributed by atoms with Gasteiger partial charge in [0.15, 0.2) is 0 Å². The maximum Gasteiger partial charge on any atom is 0.131 e. The van der Waals surface area contributed by atoms with Gasteiger partial charge in [0.25, 0.3) is 0 Å². The SMILES string of the molecule is Fc1ccccc1-c1cccc2cccc(-c3cccc(Nc4ccccc4-c4ccc(-c5ccccc5)cc4)c3)c12. The van der Waals surface area contributed by atoms with Crippen molar-refractivity contribution < 1.29 is 4.39 Å². The molecule has 0 fully saturated rings. The zero-order valence-electron chi connectivity index (χ0n) is 23.0. The van der Waals surface area contributed by atoms with Crippen LogP contribution in [0.15, 0.2) is 164 Å². The summed E-state index contributed by atoms with van der Waals surface area (Å²) in [7, 11) is 0. The Hall–Kier alpha value is -5.47. The fourth-order valence-electron chi connectivity index (χ4n) is 5.72. The molecule has 0 aliphatic heterocycles. The third-order valence-corrected chi connectivity index (χ3v) is 7.75. The van der Waals surface area contributed by atoms with Crippen LogP contribution in [0.2, 0.25) is 0 Å². The lowest BCUT2D eigenvalue weighted by Gasteiger charge is -2.16. The van der Waals surface area contributed by atoms with E-state index in [4.69, 9.17) is 0 Å². The summed E-state index contributed by atoms with van der Waals surface area (Å²) < 4.78 is 14.9. The minimum absolute atomic E-state index is 0.219. The molecule has 7 rings (SSSR count). The maximum absolute atomic E-state index is 14.9. The quantitative estimate of drug-likeness (QED) is 0.221. The van der Waals surface area contributed by atoms with E-state index in [1.807, 2.05) is 30.3 Å². The normalized spacial score (nSPS) is 11.0. The highest BCUT2D eigenvalue weighted by molar-refractivity contribution is 6.06. The first-order valence-electron chi connectivity index (χ1n) is 14.1. The van der Waals surface area contributed by atoms with Gasteiger partial charge in [0.05, 0.1) is 0 Å². The van der Waals surface area contributed by atoms with E-state index in [1.54, 1.807) is 6.07 Å². The Labute approximate surface area is 245 Å². The van der Waals surface area contributed by atoms with Gasteiger partial charge in [-0.2, -0.15) is 0 Å². The van der Waals surface area contributed by atoms with Gasteiger partial charge in [-0.15, -0.1) is 0 Å². The lowest BCUT2D eigenvalue weighted by molar-refractivity contribution is 0.631. The molecule has 0 bridgehead atoms. The Balaban J connectivity index is 1.25. The zero-order valence-corrected chi connectivity index (χ0v) is 23.0. The van der Waals surface area contributed by atoms with Crippen molar-refractivity contribution >= 4 is 22.1 Å². The van der Waals surface area contributed by atoms with E-state index in [1.165, 1.54) is 17.2 Å². The fourth-order valence-corrected chi connectivity index (χ4v) is 5.72. The standard InChI is InChI=1S/C40H28FN/c41-38-21-6-4-18-36(38)37-20-10-14-31-13-9-19-35(40(31)37)32-15-8-16-33(27-32)42-39-22-7-5-17-34(39)30-25-23-29(24-26-30)28-11-2-1-3-12-28/h1-27,42H. The highest BCUT2D eigenvalue weighted by Crippen LogP contribution is 2.39. The molecular formula is C40H28FN. The predicted molar refractivity (Wildman–Crippen MR) is 175 cm³/mol. The molecule has 0 amide bonds. The van der Waals surface area contributed by atoms with Crippen LogP contribution >= 0.6 is 0 Å². The van der Waals surface area contributed by atoms with Crippen molar-refractivity contribution in [3.8, 4) is 44.5 Å². The fraction of sp³-hybridized carbons (Fsp3) is 0. The van der Waals surface area contributed by atoms with E-state index < -0.39 is 0 Å². The molecule has 1 N–H and O–H groups in total. The molecule has 0 aromatic heterocycles. The van der Waals surface area contributed by atoms with Crippen molar-refractivity contribution in [3.05, 3.63) is 170 Å². The predicted octanol–water partition coefficient (Wildman–Crippen LogP) is 11.4. The average Bonchev–Trinajstić information content (AvgIpc) is 3.05. The number of rotatable bonds is 6. The van der Waals surface area contributed by atoms with Crippen molar-refractivity contribution in [1.82, 2.24) is 0 Å². The van der Waals surface area contributed by atoms with E-state index in [9.17, 15) is 4.39 Å². The van der Waals surface area contributed by atoms with Crippen LogP contribution in [0.5, 0.6) is 0 Å². The summed E-state index contributed by atoms with van der Waals surface area (Å²) in [6.45, 7) is 0. The molecule has 0 aliphatic rings. The topological polar surface area (TPSA) is 12.0 Å². The van der Waals surface area contributed by atoms with Crippen LogP contribution in [0.1, 0.15) is 0 Å². The second kappa shape index (κ2) is 11.2. The molecular weight excluding hydrogens is 513 g/mol. The molecule has 42 heavy (non-hydrogen) atoms. The monoisotopic (exact) mass is 541 g/mol. The summed E-state index contributed by atoms with van der Waals surface area (Å²) in [5.41, 5.74) is 10.3. The summed E-state index contributed by atoms with van der Waals surface area (Å²) in [6, 6.07) is 55.3. The number of benzene rings is 7. The van der Waals surface area contributed by atoms with Gasteiger partial charge in [0, 0.05) is 22.5 Å². The highest BCUT2D eigenvalue weighted by Gasteiger charge is 2.13. The van der Waals surface area contributed by atoms with E-state index in [0.29, 0.717) is 5.56 Å². The number of fused-ring (bicyclic) bond motifs is 1. The van der Waals surface area contributed by atoms with Crippen LogP contribution < -0.4 is 5.32 Å². The molecule has 0 spiro atoms. The van der Waals surface area contributed by atoms with Crippen molar-refractivity contribution in [2.45, 2.75) is 0 Å². The van der Waals surface area contributed by atoms with Gasteiger partial charge >= 0.3 is 0 Å². The van der Waals surface area contributed by atoms with Crippen LogP contribution in [0.25, 0.3) is 55.3 Å². The second-order valence-electron chi connectivity index (χ2n) is 10.4. The molecule has 7 aromatic carbocycles. The maximum atomic E-state index is 14.9. The van der Waals surface area contributed by atoms with Crippen molar-refractivity contribution in [2.75, 3.05) is 5.32 Å². The molecule has 7 aromatic rings. The van der Waals surface area contributed by atoms with Crippen molar-refractivity contribution in [2.24, 2.45) is 0 Å². The van der Waals surface area contributed by atoms with E-state index >= 15 is 0 Å². The second-order valence-corrected chi connectivity index (χ2v) is 10.4. The molecule has 2 heteroatoms. The van der Waals surface area contributed by atoms with Crippen LogP contribution in [0, 0.1) is 5.82 Å². The van der Waals surface area contributed by atoms with Crippen molar-refractivity contribution in [1.29, 1.82) is 0 Å². The van der Waals surface area contributed by atoms with Gasteiger partial charge in [-0.25, -0.2) is 4.39 Å². The Morgan fingerprint density at radius 2 is 0.952 bits per heavy atom. The molecule has 0 saturated heterocycles. The lowest BCUT2D eigenvalue weighted by Crippen LogP contribution is -1.94. The highest BCUT2D eigenvalue weighted by atomic mass is 19.1. The third-order valence-electron chi connectivity index (χ3n) is 7.75. The van der Waals surface area contributed by atoms with Gasteiger partial charge in [-0.05, 0) is 68.4 Å². The minimum atomic E-state index is -0.219. The first-order chi connectivity index (χ1) is 20.7. The molecule has 200 valence electrons. The summed E-state index contributed by atoms with van der Waals surface area (Å²) in [5.74, 6) is -0.219. The van der Waals surface area contributed by atoms with Crippen LogP contribution in [0.3, 0.4) is 0 Å².